The summed E-state index contributed by atoms with van der Waals surface area (Å²) >= 11 is 0. The van der Waals surface area contributed by atoms with Crippen molar-refractivity contribution >= 4 is 13.7 Å². The van der Waals surface area contributed by atoms with Gasteiger partial charge in [-0.25, -0.2) is 4.57 Å². The average Bonchev–Trinajstić information content (AvgIpc) is 3.13. The van der Waals surface area contributed by atoms with E-state index >= 15 is 0 Å². The number of hydrogen-bond acceptors (Lipinski definition) is 6. The molecule has 0 saturated carbocycles. The molecule has 55 heavy (non-hydrogen) atoms. The number of phosphoric ester groups is 1. The van der Waals surface area contributed by atoms with Crippen LogP contribution >= 0.6 is 7.82 Å². The molecule has 0 aromatic carbocycles. The molecule has 2 unspecified atom stereocenters. The number of amides is 1. The molecule has 0 bridgehead atoms. The van der Waals surface area contributed by atoms with Gasteiger partial charge < -0.3 is 24.9 Å². The SMILES string of the molecule is CC/C=C\C/C=C\C/C=C\C/C=C\C=C/C(O)C/C=C\CCC(=O)N[C@@H](COP(=O)(O)OCC[N+](C)(C)C)[C@H](O)CCCCCCCCCCCCCCC. The quantitative estimate of drug-likeness (QED) is 0.0162. The molecular weight excluding hydrogens is 711 g/mol. The summed E-state index contributed by atoms with van der Waals surface area (Å²) in [5.41, 5.74) is 0. The number of nitrogens with one attached hydrogen (secondary N) is 1. The van der Waals surface area contributed by atoms with E-state index in [0.717, 1.165) is 44.9 Å². The van der Waals surface area contributed by atoms with Gasteiger partial charge in [0.2, 0.25) is 5.91 Å². The van der Waals surface area contributed by atoms with Crippen LogP contribution in [0.5, 0.6) is 0 Å². The maximum atomic E-state index is 12.8. The number of likely N-dealkylation sites (N-methyl/N-ethyl adjacent to an activating group) is 1. The van der Waals surface area contributed by atoms with Crippen molar-refractivity contribution in [1.82, 2.24) is 5.32 Å². The summed E-state index contributed by atoms with van der Waals surface area (Å²) in [4.78, 5) is 23.1. The van der Waals surface area contributed by atoms with Crippen molar-refractivity contribution in [1.29, 1.82) is 0 Å². The van der Waals surface area contributed by atoms with Crippen molar-refractivity contribution in [3.8, 4) is 0 Å². The maximum Gasteiger partial charge on any atom is 0.472 e. The summed E-state index contributed by atoms with van der Waals surface area (Å²) in [7, 11) is 1.49. The molecule has 0 aromatic rings. The zero-order chi connectivity index (χ0) is 40.9. The Hall–Kier alpha value is -2.10. The molecule has 0 rings (SSSR count). The van der Waals surface area contributed by atoms with Crippen molar-refractivity contribution in [3.05, 3.63) is 72.9 Å². The first-order chi connectivity index (χ1) is 26.4. The van der Waals surface area contributed by atoms with E-state index in [0.29, 0.717) is 30.3 Å². The first-order valence-corrected chi connectivity index (χ1v) is 22.9. The van der Waals surface area contributed by atoms with Crippen LogP contribution in [-0.2, 0) is 18.4 Å². The van der Waals surface area contributed by atoms with E-state index < -0.39 is 26.1 Å². The molecule has 0 radical (unpaired) electrons. The second kappa shape index (κ2) is 36.3. The molecule has 9 nitrogen and oxygen atoms in total. The fraction of sp³-hybridized carbons (Fsp3) is 0.711. The molecule has 0 saturated heterocycles. The van der Waals surface area contributed by atoms with Gasteiger partial charge in [-0.2, -0.15) is 0 Å². The topological polar surface area (TPSA) is 125 Å². The first-order valence-electron chi connectivity index (χ1n) is 21.4. The minimum Gasteiger partial charge on any atom is -0.391 e. The van der Waals surface area contributed by atoms with E-state index in [2.05, 4.69) is 55.6 Å². The third kappa shape index (κ3) is 38.5. The Bertz CT molecular complexity index is 1140. The van der Waals surface area contributed by atoms with Crippen LogP contribution in [0.25, 0.3) is 0 Å². The Kier molecular flexibility index (Phi) is 34.9. The van der Waals surface area contributed by atoms with E-state index in [9.17, 15) is 24.5 Å². The normalized spacial score (nSPS) is 15.7. The second-order valence-electron chi connectivity index (χ2n) is 15.5. The van der Waals surface area contributed by atoms with E-state index in [1.54, 1.807) is 6.08 Å². The van der Waals surface area contributed by atoms with Crippen LogP contribution in [0, 0.1) is 0 Å². The lowest BCUT2D eigenvalue weighted by atomic mass is 10.0. The fourth-order valence-electron chi connectivity index (χ4n) is 5.62. The minimum absolute atomic E-state index is 0.0388. The second-order valence-corrected chi connectivity index (χ2v) is 17.0. The predicted octanol–water partition coefficient (Wildman–Crippen LogP) is 10.6. The van der Waals surface area contributed by atoms with Gasteiger partial charge in [0.15, 0.2) is 0 Å². The predicted molar refractivity (Wildman–Crippen MR) is 232 cm³/mol. The Morgan fingerprint density at radius 3 is 1.82 bits per heavy atom. The summed E-state index contributed by atoms with van der Waals surface area (Å²) in [5.74, 6) is -0.291. The van der Waals surface area contributed by atoms with Gasteiger partial charge in [-0.15, -0.1) is 0 Å². The first kappa shape index (κ1) is 52.9. The molecule has 4 N–H and O–H groups in total. The zero-order valence-corrected chi connectivity index (χ0v) is 36.4. The molecular formula is C45H82N2O7P+. The number of rotatable bonds is 37. The Balaban J connectivity index is 4.65. The van der Waals surface area contributed by atoms with Gasteiger partial charge >= 0.3 is 7.82 Å². The van der Waals surface area contributed by atoms with Crippen molar-refractivity contribution in [3.63, 3.8) is 0 Å². The Morgan fingerprint density at radius 1 is 0.709 bits per heavy atom. The number of carbonyl (C=O) groups excluding carboxylic acids is 1. The highest BCUT2D eigenvalue weighted by atomic mass is 31.2. The average molecular weight is 794 g/mol. The van der Waals surface area contributed by atoms with Crippen molar-refractivity contribution in [2.45, 2.75) is 167 Å². The minimum atomic E-state index is -4.36. The monoisotopic (exact) mass is 794 g/mol. The zero-order valence-electron chi connectivity index (χ0n) is 35.5. The summed E-state index contributed by atoms with van der Waals surface area (Å²) in [6, 6.07) is -0.846. The van der Waals surface area contributed by atoms with E-state index in [1.807, 2.05) is 51.5 Å². The molecule has 0 spiro atoms. The molecule has 0 aliphatic heterocycles. The number of unbranched alkanes of at least 4 members (excludes halogenated alkanes) is 12. The molecule has 318 valence electrons. The van der Waals surface area contributed by atoms with Crippen LogP contribution < -0.4 is 5.32 Å². The van der Waals surface area contributed by atoms with Crippen molar-refractivity contribution in [2.24, 2.45) is 0 Å². The summed E-state index contributed by atoms with van der Waals surface area (Å²) in [6.45, 7) is 4.60. The molecule has 1 amide bonds. The number of hydrogen-bond donors (Lipinski definition) is 4. The number of allylic oxidation sites excluding steroid dienone is 10. The van der Waals surface area contributed by atoms with Crippen LogP contribution in [0.4, 0.5) is 0 Å². The number of aliphatic hydroxyl groups is 2. The molecule has 10 heteroatoms. The highest BCUT2D eigenvalue weighted by Crippen LogP contribution is 2.43. The van der Waals surface area contributed by atoms with Gasteiger partial charge in [-0.05, 0) is 44.9 Å². The van der Waals surface area contributed by atoms with E-state index in [4.69, 9.17) is 9.05 Å². The lowest BCUT2D eigenvalue weighted by Crippen LogP contribution is -2.46. The van der Waals surface area contributed by atoms with Crippen LogP contribution in [0.1, 0.15) is 149 Å². The van der Waals surface area contributed by atoms with Gasteiger partial charge in [0.25, 0.3) is 0 Å². The van der Waals surface area contributed by atoms with Crippen LogP contribution in [-0.4, -0.2) is 84.6 Å². The largest absolute Gasteiger partial charge is 0.472 e. The van der Waals surface area contributed by atoms with E-state index in [-0.39, 0.29) is 25.5 Å². The molecule has 4 atom stereocenters. The lowest BCUT2D eigenvalue weighted by molar-refractivity contribution is -0.870. The summed E-state index contributed by atoms with van der Waals surface area (Å²) in [5, 5.41) is 24.1. The maximum absolute atomic E-state index is 12.8. The Labute approximate surface area is 336 Å². The summed E-state index contributed by atoms with van der Waals surface area (Å²) < 4.78 is 23.5. The molecule has 0 fully saturated rings. The van der Waals surface area contributed by atoms with Gasteiger partial charge in [0, 0.05) is 6.42 Å². The van der Waals surface area contributed by atoms with Crippen molar-refractivity contribution in [2.75, 3.05) is 40.9 Å². The van der Waals surface area contributed by atoms with Gasteiger partial charge in [-0.3, -0.25) is 13.8 Å². The number of quaternary nitrogens is 1. The van der Waals surface area contributed by atoms with Crippen LogP contribution in [0.3, 0.4) is 0 Å². The highest BCUT2D eigenvalue weighted by molar-refractivity contribution is 7.47. The lowest BCUT2D eigenvalue weighted by Gasteiger charge is -2.26. The third-order valence-electron chi connectivity index (χ3n) is 9.06. The van der Waals surface area contributed by atoms with Gasteiger partial charge in [0.05, 0.1) is 46.0 Å². The number of carbonyl (C=O) groups is 1. The molecule has 0 aromatic heterocycles. The smallest absolute Gasteiger partial charge is 0.391 e. The number of nitrogens with zero attached hydrogens (tertiary/aromatic N) is 1. The highest BCUT2D eigenvalue weighted by Gasteiger charge is 2.28. The molecule has 0 heterocycles. The Morgan fingerprint density at radius 2 is 1.25 bits per heavy atom. The summed E-state index contributed by atoms with van der Waals surface area (Å²) in [6.07, 6.45) is 43.9. The fourth-order valence-corrected chi connectivity index (χ4v) is 6.36. The standard InChI is InChI=1S/C45H81N2O7P/c1-6-8-10-12-14-16-18-20-22-24-26-28-31-35-42(48)36-32-30-34-38-45(50)46-43(41-54-55(51,52)53-40-39-47(3,4)5)44(49)37-33-29-27-25-23-21-19-17-15-13-11-9-7-2/h8,10,14,16,20,22,26,28,30-32,35,42-44,48-49H,6-7,9,11-13,15,17-19,21,23-25,27,29,33-34,36-41H2,1-5H3,(H-,46,50,51,52)/p+1/b10-8-,16-14-,22-20-,28-26-,32-30-,35-31-/t42?,43-,44+/m0/s1. The number of phosphoric acid groups is 1. The van der Waals surface area contributed by atoms with Crippen LogP contribution in [0.15, 0.2) is 72.9 Å². The van der Waals surface area contributed by atoms with E-state index in [1.165, 1.54) is 64.2 Å². The van der Waals surface area contributed by atoms with Gasteiger partial charge in [0.1, 0.15) is 13.2 Å². The molecule has 0 aliphatic rings. The molecule has 0 aliphatic carbocycles. The van der Waals surface area contributed by atoms with Crippen LogP contribution in [0.2, 0.25) is 0 Å². The van der Waals surface area contributed by atoms with Crippen molar-refractivity contribution < 1.29 is 38.0 Å². The number of aliphatic hydroxyl groups excluding tert-OH is 2. The third-order valence-corrected chi connectivity index (χ3v) is 10.0. The van der Waals surface area contributed by atoms with Gasteiger partial charge in [-0.1, -0.05) is 170 Å².